The van der Waals surface area contributed by atoms with Gasteiger partial charge in [0.15, 0.2) is 0 Å². The van der Waals surface area contributed by atoms with Crippen molar-refractivity contribution in [2.45, 2.75) is 38.6 Å². The summed E-state index contributed by atoms with van der Waals surface area (Å²) in [5.41, 5.74) is 3.41. The van der Waals surface area contributed by atoms with Crippen molar-refractivity contribution in [3.8, 4) is 5.75 Å². The highest BCUT2D eigenvalue weighted by atomic mass is 16.5. The topological polar surface area (TPSA) is 76.5 Å². The molecule has 1 N–H and O–H groups in total. The minimum atomic E-state index is -0.328. The number of aromatic nitrogens is 2. The number of benzene rings is 1. The van der Waals surface area contributed by atoms with Gasteiger partial charge in [0.25, 0.3) is 0 Å². The highest BCUT2D eigenvalue weighted by Gasteiger charge is 2.35. The Morgan fingerprint density at radius 1 is 1.32 bits per heavy atom. The van der Waals surface area contributed by atoms with Gasteiger partial charge < -0.3 is 15.0 Å². The largest absolute Gasteiger partial charge is 0.497 e. The number of methoxy groups -OCH3 is 1. The van der Waals surface area contributed by atoms with Crippen LogP contribution in [0.4, 0.5) is 5.69 Å². The highest BCUT2D eigenvalue weighted by Crippen LogP contribution is 2.28. The molecule has 1 atom stereocenters. The Morgan fingerprint density at radius 2 is 2.18 bits per heavy atom. The first-order chi connectivity index (χ1) is 13.7. The molecule has 1 unspecified atom stereocenters. The highest BCUT2D eigenvalue weighted by molar-refractivity contribution is 6.00. The van der Waals surface area contributed by atoms with E-state index in [1.165, 1.54) is 24.1 Å². The van der Waals surface area contributed by atoms with Gasteiger partial charge in [0.05, 0.1) is 25.8 Å². The first kappa shape index (κ1) is 18.5. The van der Waals surface area contributed by atoms with Gasteiger partial charge in [-0.15, -0.1) is 0 Å². The molecule has 0 saturated carbocycles. The Bertz CT molecular complexity index is 876. The van der Waals surface area contributed by atoms with Crippen LogP contribution in [0, 0.1) is 5.92 Å². The summed E-state index contributed by atoms with van der Waals surface area (Å²) in [5.74, 6) is 0.264. The maximum atomic E-state index is 12.6. The van der Waals surface area contributed by atoms with Crippen LogP contribution in [-0.4, -0.2) is 41.8 Å². The fraction of sp³-hybridized carbons (Fsp3) is 0.476. The number of nitrogens with zero attached hydrogens (tertiary/aromatic N) is 3. The third kappa shape index (κ3) is 3.74. The molecule has 7 heteroatoms. The molecule has 2 aromatic rings. The lowest BCUT2D eigenvalue weighted by Gasteiger charge is -2.17. The maximum absolute atomic E-state index is 12.6. The molecule has 148 valence electrons. The second-order valence-corrected chi connectivity index (χ2v) is 7.44. The number of anilines is 1. The number of hydrogen-bond donors (Lipinski definition) is 1. The van der Waals surface area contributed by atoms with Crippen molar-refractivity contribution in [1.82, 2.24) is 15.1 Å². The summed E-state index contributed by atoms with van der Waals surface area (Å²) in [5, 5.41) is 7.44. The summed E-state index contributed by atoms with van der Waals surface area (Å²) < 4.78 is 7.24. The summed E-state index contributed by atoms with van der Waals surface area (Å²) in [4.78, 5) is 26.6. The fourth-order valence-corrected chi connectivity index (χ4v) is 4.09. The van der Waals surface area contributed by atoms with E-state index in [1.807, 2.05) is 35.1 Å². The van der Waals surface area contributed by atoms with Crippen LogP contribution < -0.4 is 15.0 Å². The molecule has 1 fully saturated rings. The van der Waals surface area contributed by atoms with Crippen molar-refractivity contribution in [3.63, 3.8) is 0 Å². The average molecular weight is 382 g/mol. The third-order valence-corrected chi connectivity index (χ3v) is 5.63. The summed E-state index contributed by atoms with van der Waals surface area (Å²) in [6, 6.07) is 7.36. The Morgan fingerprint density at radius 3 is 3.04 bits per heavy atom. The Kier molecular flexibility index (Phi) is 5.32. The molecule has 0 bridgehead atoms. The molecular formula is C21H26N4O3. The van der Waals surface area contributed by atoms with Gasteiger partial charge in [-0.3, -0.25) is 14.3 Å². The standard InChI is InChI=1S/C21H26N4O3/c1-28-18-7-4-6-17(12-18)24-14-16(11-20(24)26)21(27)22-9-10-25-19-8-3-2-5-15(19)13-23-25/h4,6-7,12-13,16H,2-3,5,8-11,14H2,1H3,(H,22,27). The van der Waals surface area contributed by atoms with Crippen molar-refractivity contribution in [2.24, 2.45) is 5.92 Å². The monoisotopic (exact) mass is 382 g/mol. The van der Waals surface area contributed by atoms with Crippen LogP contribution in [0.15, 0.2) is 30.5 Å². The number of aryl methyl sites for hydroxylation is 1. The van der Waals surface area contributed by atoms with Crippen LogP contribution in [0.2, 0.25) is 0 Å². The fourth-order valence-electron chi connectivity index (χ4n) is 4.09. The second-order valence-electron chi connectivity index (χ2n) is 7.44. The Balaban J connectivity index is 1.32. The lowest BCUT2D eigenvalue weighted by atomic mass is 9.98. The maximum Gasteiger partial charge on any atom is 0.227 e. The molecule has 1 saturated heterocycles. The first-order valence-electron chi connectivity index (χ1n) is 9.91. The predicted molar refractivity (Wildman–Crippen MR) is 105 cm³/mol. The quantitative estimate of drug-likeness (QED) is 0.828. The van der Waals surface area contributed by atoms with Gasteiger partial charge in [-0.2, -0.15) is 5.10 Å². The van der Waals surface area contributed by atoms with E-state index >= 15 is 0 Å². The second kappa shape index (κ2) is 8.04. The molecule has 1 aliphatic heterocycles. The molecule has 28 heavy (non-hydrogen) atoms. The van der Waals surface area contributed by atoms with Crippen LogP contribution in [-0.2, 0) is 29.0 Å². The summed E-state index contributed by atoms with van der Waals surface area (Å²) in [6.07, 6.45) is 6.80. The van der Waals surface area contributed by atoms with E-state index in [0.717, 1.165) is 18.5 Å². The van der Waals surface area contributed by atoms with E-state index in [0.29, 0.717) is 25.4 Å². The molecule has 2 amide bonds. The number of ether oxygens (including phenoxy) is 1. The normalized spacial score (nSPS) is 18.8. The van der Waals surface area contributed by atoms with Crippen LogP contribution in [0.5, 0.6) is 5.75 Å². The van der Waals surface area contributed by atoms with Gasteiger partial charge in [-0.1, -0.05) is 6.07 Å². The van der Waals surface area contributed by atoms with E-state index in [-0.39, 0.29) is 24.2 Å². The Labute approximate surface area is 164 Å². The molecule has 2 heterocycles. The minimum Gasteiger partial charge on any atom is -0.497 e. The van der Waals surface area contributed by atoms with Crippen LogP contribution >= 0.6 is 0 Å². The molecule has 1 aromatic heterocycles. The van der Waals surface area contributed by atoms with Gasteiger partial charge in [-0.25, -0.2) is 0 Å². The van der Waals surface area contributed by atoms with Gasteiger partial charge in [0, 0.05) is 37.0 Å². The van der Waals surface area contributed by atoms with E-state index in [1.54, 1.807) is 12.0 Å². The van der Waals surface area contributed by atoms with Crippen molar-refractivity contribution in [3.05, 3.63) is 41.7 Å². The molecular weight excluding hydrogens is 356 g/mol. The zero-order valence-corrected chi connectivity index (χ0v) is 16.2. The number of amides is 2. The molecule has 0 spiro atoms. The van der Waals surface area contributed by atoms with Gasteiger partial charge >= 0.3 is 0 Å². The number of carbonyl (C=O) groups excluding carboxylic acids is 2. The number of hydrogen-bond acceptors (Lipinski definition) is 4. The Hall–Kier alpha value is -2.83. The van der Waals surface area contributed by atoms with Gasteiger partial charge in [-0.05, 0) is 43.4 Å². The number of nitrogens with one attached hydrogen (secondary N) is 1. The van der Waals surface area contributed by atoms with Crippen LogP contribution in [0.25, 0.3) is 0 Å². The number of fused-ring (bicyclic) bond motifs is 1. The zero-order valence-electron chi connectivity index (χ0n) is 16.2. The molecule has 7 nitrogen and oxygen atoms in total. The van der Waals surface area contributed by atoms with Crippen LogP contribution in [0.3, 0.4) is 0 Å². The lowest BCUT2D eigenvalue weighted by molar-refractivity contribution is -0.126. The summed E-state index contributed by atoms with van der Waals surface area (Å²) >= 11 is 0. The van der Waals surface area contributed by atoms with E-state index in [9.17, 15) is 9.59 Å². The summed E-state index contributed by atoms with van der Waals surface area (Å²) in [7, 11) is 1.60. The van der Waals surface area contributed by atoms with Crippen molar-refractivity contribution in [1.29, 1.82) is 0 Å². The minimum absolute atomic E-state index is 0.0328. The SMILES string of the molecule is COc1cccc(N2CC(C(=O)NCCn3ncc4c3CCCC4)CC2=O)c1. The van der Waals surface area contributed by atoms with Gasteiger partial charge in [0.1, 0.15) is 5.75 Å². The number of rotatable bonds is 6. The molecule has 1 aliphatic carbocycles. The van der Waals surface area contributed by atoms with Crippen molar-refractivity contribution in [2.75, 3.05) is 25.1 Å². The summed E-state index contributed by atoms with van der Waals surface area (Å²) in [6.45, 7) is 1.59. The lowest BCUT2D eigenvalue weighted by Crippen LogP contribution is -2.35. The van der Waals surface area contributed by atoms with E-state index < -0.39 is 0 Å². The molecule has 1 aromatic carbocycles. The molecule has 0 radical (unpaired) electrons. The molecule has 4 rings (SSSR count). The third-order valence-electron chi connectivity index (χ3n) is 5.63. The number of carbonyl (C=O) groups is 2. The zero-order chi connectivity index (χ0) is 19.5. The van der Waals surface area contributed by atoms with Gasteiger partial charge in [0.2, 0.25) is 11.8 Å². The average Bonchev–Trinajstić information content (AvgIpc) is 3.32. The van der Waals surface area contributed by atoms with E-state index in [2.05, 4.69) is 10.4 Å². The van der Waals surface area contributed by atoms with Crippen molar-refractivity contribution >= 4 is 17.5 Å². The predicted octanol–water partition coefficient (Wildman–Crippen LogP) is 1.94. The van der Waals surface area contributed by atoms with Crippen molar-refractivity contribution < 1.29 is 14.3 Å². The van der Waals surface area contributed by atoms with E-state index in [4.69, 9.17) is 4.74 Å². The smallest absolute Gasteiger partial charge is 0.227 e. The van der Waals surface area contributed by atoms with Crippen LogP contribution in [0.1, 0.15) is 30.5 Å². The molecule has 2 aliphatic rings. The first-order valence-corrected chi connectivity index (χ1v) is 9.91.